The predicted octanol–water partition coefficient (Wildman–Crippen LogP) is 2.65. The van der Waals surface area contributed by atoms with Gasteiger partial charge in [-0.3, -0.25) is 33.6 Å². The van der Waals surface area contributed by atoms with Crippen molar-refractivity contribution in [2.75, 3.05) is 40.0 Å². The van der Waals surface area contributed by atoms with Crippen molar-refractivity contribution < 1.29 is 43.0 Å². The van der Waals surface area contributed by atoms with Crippen molar-refractivity contribution in [2.24, 2.45) is 5.92 Å². The lowest BCUT2D eigenvalue weighted by Gasteiger charge is -2.38. The molecule has 5 aliphatic rings. The number of carbonyl (C=O) groups is 7. The summed E-state index contributed by atoms with van der Waals surface area (Å²) in [5.74, 6) is -3.37. The van der Waals surface area contributed by atoms with E-state index in [0.29, 0.717) is 58.0 Å². The highest BCUT2D eigenvalue weighted by Gasteiger charge is 2.52. The molecule has 2 aromatic carbocycles. The fourth-order valence-corrected chi connectivity index (χ4v) is 11.6. The molecular weight excluding hydrogens is 883 g/mol. The van der Waals surface area contributed by atoms with Crippen molar-refractivity contribution in [2.45, 2.75) is 132 Å². The maximum atomic E-state index is 15.2. The molecule has 7 atom stereocenters. The van der Waals surface area contributed by atoms with Gasteiger partial charge in [-0.25, -0.2) is 0 Å². The minimum Gasteiger partial charge on any atom is -0.382 e. The van der Waals surface area contributed by atoms with Crippen LogP contribution in [0.5, 0.6) is 0 Å². The van der Waals surface area contributed by atoms with Gasteiger partial charge in [0.25, 0.3) is 0 Å². The minimum atomic E-state index is -1.43. The second-order valence-electron chi connectivity index (χ2n) is 19.5. The van der Waals surface area contributed by atoms with Gasteiger partial charge >= 0.3 is 0 Å². The molecule has 3 saturated heterocycles. The molecule has 368 valence electrons. The van der Waals surface area contributed by atoms with Gasteiger partial charge in [-0.15, -0.1) is 0 Å². The number of methoxy groups -OCH3 is 1. The van der Waals surface area contributed by atoms with E-state index >= 15 is 9.59 Å². The van der Waals surface area contributed by atoms with Crippen LogP contribution in [0.25, 0.3) is 21.8 Å². The number of nitrogens with one attached hydrogen (secondary N) is 7. The van der Waals surface area contributed by atoms with E-state index in [2.05, 4.69) is 36.6 Å². The zero-order valence-electron chi connectivity index (χ0n) is 39.3. The minimum absolute atomic E-state index is 0.0118. The molecule has 5 heterocycles. The van der Waals surface area contributed by atoms with E-state index in [1.165, 1.54) is 12.0 Å². The van der Waals surface area contributed by atoms with Crippen LogP contribution in [0.4, 0.5) is 0 Å². The summed E-state index contributed by atoms with van der Waals surface area (Å²) in [6, 6.07) is 9.71. The summed E-state index contributed by atoms with van der Waals surface area (Å²) in [5.41, 5.74) is 1.82. The number of para-hydroxylation sites is 2. The number of hydrogen-bond donors (Lipinski definition) is 7. The SMILES string of the molecule is COCCOCC(=O)NCCC1NC(=O)C(Cc2c[nH]c3ccccc23)NC(=O)C2(CCCC2)NC(=O)C(Cc2c[nH]c3ccccc23)NC(=O)C2CC3CCCCC3N2C(=O)C2CCCN2C1=O. The smallest absolute Gasteiger partial charge is 0.246 e. The Morgan fingerprint density at radius 2 is 1.36 bits per heavy atom. The molecule has 7 amide bonds. The predicted molar refractivity (Wildman–Crippen MR) is 255 cm³/mol. The number of amides is 7. The quantitative estimate of drug-likeness (QED) is 0.103. The maximum Gasteiger partial charge on any atom is 0.246 e. The Balaban J connectivity index is 1.09. The lowest BCUT2D eigenvalue weighted by atomic mass is 9.84. The van der Waals surface area contributed by atoms with Gasteiger partial charge in [0.05, 0.1) is 13.2 Å². The molecule has 0 bridgehead atoms. The van der Waals surface area contributed by atoms with Crippen molar-refractivity contribution in [3.8, 4) is 0 Å². The van der Waals surface area contributed by atoms with Crippen LogP contribution in [-0.4, -0.2) is 143 Å². The molecule has 7 N–H and O–H groups in total. The van der Waals surface area contributed by atoms with Gasteiger partial charge in [-0.05, 0) is 80.5 Å². The van der Waals surface area contributed by atoms with Crippen molar-refractivity contribution in [3.05, 3.63) is 72.1 Å². The molecule has 5 fully saturated rings. The molecule has 2 aliphatic carbocycles. The molecule has 18 heteroatoms. The van der Waals surface area contributed by atoms with E-state index in [0.717, 1.165) is 52.2 Å². The second kappa shape index (κ2) is 21.2. The highest BCUT2D eigenvalue weighted by Crippen LogP contribution is 2.41. The van der Waals surface area contributed by atoms with Gasteiger partial charge in [0.1, 0.15) is 42.4 Å². The lowest BCUT2D eigenvalue weighted by Crippen LogP contribution is -2.65. The highest BCUT2D eigenvalue weighted by molar-refractivity contribution is 6.01. The molecule has 1 spiro atoms. The Hall–Kier alpha value is -6.27. The van der Waals surface area contributed by atoms with Gasteiger partial charge in [0.2, 0.25) is 41.4 Å². The van der Waals surface area contributed by atoms with Gasteiger partial charge in [-0.1, -0.05) is 62.1 Å². The summed E-state index contributed by atoms with van der Waals surface area (Å²) in [6.07, 6.45) is 10.3. The third-order valence-corrected chi connectivity index (χ3v) is 15.2. The number of benzene rings is 2. The molecule has 2 aromatic heterocycles. The van der Waals surface area contributed by atoms with Crippen molar-refractivity contribution >= 4 is 63.2 Å². The number of hydrogen-bond acceptors (Lipinski definition) is 9. The summed E-state index contributed by atoms with van der Waals surface area (Å²) < 4.78 is 10.4. The standard InChI is InChI=1S/C51H65N9O9/c1-68-23-24-69-30-44(61)52-21-18-38-48(65)59-22-10-17-42(59)49(66)60-41-16-7-2-11-31(41)27-43(60)47(64)56-40(26-33-29-54-37-15-6-4-13-35(33)37)46(63)58-51(19-8-9-20-51)50(67)57-39(45(62)55-38)25-32-28-53-36-14-5-3-12-34(32)36/h3-6,12-15,28-29,31,38-43,53-54H,2,7-11,16-27,30H2,1H3,(H,52,61)(H,55,62)(H,56,64)(H,57,67)(H,58,63). The van der Waals surface area contributed by atoms with Crippen LogP contribution in [0.15, 0.2) is 60.9 Å². The van der Waals surface area contributed by atoms with Gasteiger partial charge in [-0.2, -0.15) is 0 Å². The zero-order valence-corrected chi connectivity index (χ0v) is 39.3. The van der Waals surface area contributed by atoms with Crippen LogP contribution in [-0.2, 0) is 55.9 Å². The van der Waals surface area contributed by atoms with E-state index < -0.39 is 71.2 Å². The lowest BCUT2D eigenvalue weighted by molar-refractivity contribution is -0.150. The summed E-state index contributed by atoms with van der Waals surface area (Å²) in [5, 5.41) is 16.7. The Kier molecular flexibility index (Phi) is 14.7. The first-order valence-corrected chi connectivity index (χ1v) is 24.8. The Morgan fingerprint density at radius 1 is 0.710 bits per heavy atom. The molecule has 18 nitrogen and oxygen atoms in total. The number of aromatic nitrogens is 2. The van der Waals surface area contributed by atoms with Crippen molar-refractivity contribution in [3.63, 3.8) is 0 Å². The van der Waals surface area contributed by atoms with Crippen LogP contribution < -0.4 is 26.6 Å². The largest absolute Gasteiger partial charge is 0.382 e. The summed E-state index contributed by atoms with van der Waals surface area (Å²) in [6.45, 7) is 0.524. The van der Waals surface area contributed by atoms with Gasteiger partial charge < -0.3 is 55.8 Å². The first-order chi connectivity index (χ1) is 33.5. The summed E-state index contributed by atoms with van der Waals surface area (Å²) in [4.78, 5) is 113. The van der Waals surface area contributed by atoms with Crippen LogP contribution in [0.2, 0.25) is 0 Å². The second-order valence-corrected chi connectivity index (χ2v) is 19.5. The van der Waals surface area contributed by atoms with Gasteiger partial charge in [0.15, 0.2) is 0 Å². The summed E-state index contributed by atoms with van der Waals surface area (Å²) in [7, 11) is 1.53. The first-order valence-electron chi connectivity index (χ1n) is 24.8. The molecule has 2 saturated carbocycles. The molecule has 3 aliphatic heterocycles. The molecular formula is C51H65N9O9. The first kappa shape index (κ1) is 47.8. The number of carbonyl (C=O) groups excluding carboxylic acids is 7. The number of aromatic amines is 2. The van der Waals surface area contributed by atoms with Crippen LogP contribution in [0.1, 0.15) is 88.2 Å². The van der Waals surface area contributed by atoms with Crippen LogP contribution in [0, 0.1) is 5.92 Å². The third kappa shape index (κ3) is 10.2. The van der Waals surface area contributed by atoms with Crippen molar-refractivity contribution in [1.82, 2.24) is 46.4 Å². The number of ether oxygens (including phenoxy) is 2. The molecule has 9 rings (SSSR count). The van der Waals surface area contributed by atoms with E-state index in [-0.39, 0.29) is 63.4 Å². The number of nitrogens with zero attached hydrogens (tertiary/aromatic N) is 2. The fraction of sp³-hybridized carbons (Fsp3) is 0.549. The Bertz CT molecular complexity index is 2550. The van der Waals surface area contributed by atoms with Crippen LogP contribution >= 0.6 is 0 Å². The van der Waals surface area contributed by atoms with Gasteiger partial charge in [0, 0.05) is 73.3 Å². The molecule has 4 aromatic rings. The number of H-pyrrole nitrogens is 2. The van der Waals surface area contributed by atoms with E-state index in [4.69, 9.17) is 9.47 Å². The molecule has 69 heavy (non-hydrogen) atoms. The topological polar surface area (TPSA) is 236 Å². The van der Waals surface area contributed by atoms with E-state index in [1.54, 1.807) is 11.1 Å². The maximum absolute atomic E-state index is 15.2. The van der Waals surface area contributed by atoms with E-state index in [9.17, 15) is 24.0 Å². The fourth-order valence-electron chi connectivity index (χ4n) is 11.6. The Labute approximate surface area is 401 Å². The number of rotatable bonds is 12. The Morgan fingerprint density at radius 3 is 2.06 bits per heavy atom. The monoisotopic (exact) mass is 947 g/mol. The van der Waals surface area contributed by atoms with E-state index in [1.807, 2.05) is 54.7 Å². The highest BCUT2D eigenvalue weighted by atomic mass is 16.5. The van der Waals surface area contributed by atoms with Crippen molar-refractivity contribution in [1.29, 1.82) is 0 Å². The average Bonchev–Trinajstić information content (AvgIpc) is 4.22. The average molecular weight is 948 g/mol. The molecule has 7 unspecified atom stereocenters. The third-order valence-electron chi connectivity index (χ3n) is 15.2. The summed E-state index contributed by atoms with van der Waals surface area (Å²) >= 11 is 0. The van der Waals surface area contributed by atoms with Crippen LogP contribution in [0.3, 0.4) is 0 Å². The zero-order chi connectivity index (χ0) is 48.1. The molecule has 0 radical (unpaired) electrons. The normalized spacial score (nSPS) is 26.8. The number of fused-ring (bicyclic) bond motifs is 6.